The molecular formula is C46H31N11. The number of fused-ring (bicyclic) bond motifs is 18. The summed E-state index contributed by atoms with van der Waals surface area (Å²) in [6.45, 7) is 1.94. The molecule has 0 fully saturated rings. The van der Waals surface area contributed by atoms with Gasteiger partial charge in [0.15, 0.2) is 17.5 Å². The number of anilines is 2. The van der Waals surface area contributed by atoms with Crippen molar-refractivity contribution in [3.05, 3.63) is 159 Å². The number of aliphatic imine (C=N–C) groups is 4. The van der Waals surface area contributed by atoms with Crippen molar-refractivity contribution < 1.29 is 0 Å². The third kappa shape index (κ3) is 5.45. The zero-order chi connectivity index (χ0) is 38.8. The van der Waals surface area contributed by atoms with Gasteiger partial charge in [-0.3, -0.25) is 4.90 Å². The third-order valence-corrected chi connectivity index (χ3v) is 10.4. The smallest absolute Gasteiger partial charge is 0.164 e. The quantitative estimate of drug-likeness (QED) is 0.191. The number of hydrogen-bond donors (Lipinski definition) is 2. The van der Waals surface area contributed by atoms with E-state index in [1.165, 1.54) is 0 Å². The van der Waals surface area contributed by atoms with E-state index < -0.39 is 0 Å². The van der Waals surface area contributed by atoms with Gasteiger partial charge < -0.3 is 14.9 Å². The van der Waals surface area contributed by atoms with Crippen molar-refractivity contribution >= 4 is 79.7 Å². The number of nitriles is 2. The first-order valence-electron chi connectivity index (χ1n) is 18.3. The number of benzene rings is 5. The lowest BCUT2D eigenvalue weighted by atomic mass is 10.0. The second-order valence-corrected chi connectivity index (χ2v) is 14.1. The van der Waals surface area contributed by atoms with Crippen LogP contribution in [0.15, 0.2) is 140 Å². The standard InChI is InChI=1S/C46H31N11/c1-26-22-36(28(24-47)25-48)38-37(23-26)44-53-42-33-13-7-5-11-31(33)40(51-42)49-39-30-10-4-6-12-32(30)41(50-39)52-43-34-14-8-9-15-35(34)45(54-43)57(46(38)55-44)21-20-27-16-18-29(19-17-27)56(2)3/h4-23,50H,1-3H3,(H,49,51,53,55). The fourth-order valence-corrected chi connectivity index (χ4v) is 7.64. The Morgan fingerprint density at radius 3 is 1.86 bits per heavy atom. The Bertz CT molecular complexity index is 3230. The van der Waals surface area contributed by atoms with Gasteiger partial charge in [-0.2, -0.15) is 10.5 Å². The molecule has 2 N–H and O–H groups in total. The second kappa shape index (κ2) is 13.0. The molecule has 57 heavy (non-hydrogen) atoms. The summed E-state index contributed by atoms with van der Waals surface area (Å²) in [6.07, 6.45) is 3.97. The molecule has 7 aromatic rings. The van der Waals surface area contributed by atoms with E-state index in [0.717, 1.165) is 49.8 Å². The summed E-state index contributed by atoms with van der Waals surface area (Å²) < 4.78 is 0. The topological polar surface area (TPSA) is 147 Å². The van der Waals surface area contributed by atoms with Gasteiger partial charge in [-0.1, -0.05) is 84.9 Å². The Balaban J connectivity index is 1.35. The lowest BCUT2D eigenvalue weighted by molar-refractivity contribution is 1.13. The zero-order valence-corrected chi connectivity index (χ0v) is 31.1. The van der Waals surface area contributed by atoms with Crippen LogP contribution in [0.4, 0.5) is 23.1 Å². The van der Waals surface area contributed by atoms with Crippen LogP contribution in [0, 0.1) is 29.6 Å². The number of nitrogens with one attached hydrogen (secondary N) is 2. The Morgan fingerprint density at radius 1 is 0.649 bits per heavy atom. The van der Waals surface area contributed by atoms with Crippen LogP contribution in [0.1, 0.15) is 33.4 Å². The molecule has 0 saturated heterocycles. The van der Waals surface area contributed by atoms with Crippen molar-refractivity contribution in [2.75, 3.05) is 23.9 Å². The highest BCUT2D eigenvalue weighted by Gasteiger charge is 2.30. The number of aryl methyl sites for hydroxylation is 1. The van der Waals surface area contributed by atoms with E-state index in [-0.39, 0.29) is 5.57 Å². The van der Waals surface area contributed by atoms with Gasteiger partial charge in [0.05, 0.1) is 0 Å². The number of amidine groups is 4. The molecule has 5 aromatic carbocycles. The van der Waals surface area contributed by atoms with Gasteiger partial charge in [-0.05, 0) is 48.4 Å². The Hall–Kier alpha value is -8.15. The van der Waals surface area contributed by atoms with E-state index in [2.05, 4.69) is 51.3 Å². The Kier molecular flexibility index (Phi) is 7.63. The number of aromatic nitrogens is 2. The van der Waals surface area contributed by atoms with Crippen molar-refractivity contribution in [1.29, 1.82) is 10.5 Å². The van der Waals surface area contributed by atoms with Gasteiger partial charge in [0, 0.05) is 75.0 Å². The first kappa shape index (κ1) is 33.4. The van der Waals surface area contributed by atoms with Gasteiger partial charge in [0.25, 0.3) is 0 Å². The number of rotatable bonds is 3. The molecule has 8 bridgehead atoms. The summed E-state index contributed by atoms with van der Waals surface area (Å²) in [6, 6.07) is 40.3. The predicted molar refractivity (Wildman–Crippen MR) is 227 cm³/mol. The zero-order valence-electron chi connectivity index (χ0n) is 31.1. The minimum Gasteiger partial charge on any atom is -0.378 e. The molecule has 270 valence electrons. The molecule has 0 radical (unpaired) electrons. The number of H-pyrrole nitrogens is 2. The fourth-order valence-electron chi connectivity index (χ4n) is 7.64. The third-order valence-electron chi connectivity index (χ3n) is 10.4. The molecule has 0 spiro atoms. The summed E-state index contributed by atoms with van der Waals surface area (Å²) in [5.41, 5.74) is 6.74. The van der Waals surface area contributed by atoms with Crippen LogP contribution < -0.4 is 20.5 Å². The average molecular weight is 738 g/mol. The van der Waals surface area contributed by atoms with Crippen molar-refractivity contribution in [2.45, 2.75) is 6.92 Å². The number of aromatic amines is 2. The Morgan fingerprint density at radius 2 is 1.23 bits per heavy atom. The highest BCUT2D eigenvalue weighted by atomic mass is 15.3. The van der Waals surface area contributed by atoms with E-state index in [4.69, 9.17) is 25.0 Å². The van der Waals surface area contributed by atoms with Crippen molar-refractivity contribution in [1.82, 2.24) is 9.97 Å². The molecule has 0 aliphatic carbocycles. The molecule has 3 aliphatic rings. The second-order valence-electron chi connectivity index (χ2n) is 14.1. The molecule has 0 atom stereocenters. The highest BCUT2D eigenvalue weighted by molar-refractivity contribution is 6.29. The Labute approximate surface area is 326 Å². The van der Waals surface area contributed by atoms with E-state index in [0.29, 0.717) is 62.3 Å². The molecule has 0 unspecified atom stereocenters. The summed E-state index contributed by atoms with van der Waals surface area (Å²) >= 11 is 0. The monoisotopic (exact) mass is 737 g/mol. The minimum absolute atomic E-state index is 0.0206. The van der Waals surface area contributed by atoms with Crippen LogP contribution >= 0.6 is 0 Å². The van der Waals surface area contributed by atoms with Gasteiger partial charge in [-0.25, -0.2) is 25.0 Å². The van der Waals surface area contributed by atoms with Crippen molar-refractivity contribution in [2.24, 2.45) is 25.0 Å². The number of hydrogen-bond acceptors (Lipinski definition) is 9. The maximum atomic E-state index is 10.3. The summed E-state index contributed by atoms with van der Waals surface area (Å²) in [5.74, 6) is 3.89. The fraction of sp³-hybridized carbons (Fsp3) is 0.0652. The lowest BCUT2D eigenvalue weighted by Gasteiger charge is -2.20. The van der Waals surface area contributed by atoms with Gasteiger partial charge >= 0.3 is 0 Å². The van der Waals surface area contributed by atoms with Crippen molar-refractivity contribution in [3.63, 3.8) is 0 Å². The highest BCUT2D eigenvalue weighted by Crippen LogP contribution is 2.37. The van der Waals surface area contributed by atoms with Crippen LogP contribution in [0.5, 0.6) is 0 Å². The van der Waals surface area contributed by atoms with Crippen LogP contribution in [0.2, 0.25) is 0 Å². The van der Waals surface area contributed by atoms with Crippen LogP contribution in [-0.4, -0.2) is 47.4 Å². The SMILES string of the molecule is Cc1cc(=C(C#N)C#N)c2c3[nH]c(c2c1)=NC1=NC(=Nc2[nH]c(c4ccccc24)N=C2N=C(c4ccccc42)N3C=Cc2ccc(N(C)C)cc2)c2ccccc21. The number of nitrogens with zero attached hydrogens (tertiary/aromatic N) is 9. The minimum atomic E-state index is -0.0206. The maximum Gasteiger partial charge on any atom is 0.164 e. The lowest BCUT2D eigenvalue weighted by Crippen LogP contribution is -2.27. The predicted octanol–water partition coefficient (Wildman–Crippen LogP) is 7.71. The first-order chi connectivity index (χ1) is 27.9. The normalized spacial score (nSPS) is 13.9. The molecular weight excluding hydrogens is 707 g/mol. The van der Waals surface area contributed by atoms with Gasteiger partial charge in [0.2, 0.25) is 0 Å². The summed E-state index contributed by atoms with van der Waals surface area (Å²) in [7, 11) is 4.02. The van der Waals surface area contributed by atoms with Crippen molar-refractivity contribution in [3.8, 4) is 12.1 Å². The van der Waals surface area contributed by atoms with E-state index in [9.17, 15) is 10.5 Å². The molecule has 0 saturated carbocycles. The van der Waals surface area contributed by atoms with Gasteiger partial charge in [0.1, 0.15) is 46.5 Å². The molecule has 0 amide bonds. The molecule has 3 aliphatic heterocycles. The van der Waals surface area contributed by atoms with E-state index in [1.54, 1.807) is 0 Å². The summed E-state index contributed by atoms with van der Waals surface area (Å²) in [5, 5.41) is 24.2. The van der Waals surface area contributed by atoms with E-state index in [1.807, 2.05) is 123 Å². The maximum absolute atomic E-state index is 10.3. The molecule has 11 heteroatoms. The van der Waals surface area contributed by atoms with Crippen LogP contribution in [-0.2, 0) is 0 Å². The van der Waals surface area contributed by atoms with Crippen LogP contribution in [0.3, 0.4) is 0 Å². The first-order valence-corrected chi connectivity index (χ1v) is 18.3. The molecule has 2 aromatic heterocycles. The van der Waals surface area contributed by atoms with Gasteiger partial charge in [-0.15, -0.1) is 0 Å². The molecule has 10 rings (SSSR count). The average Bonchev–Trinajstić information content (AvgIpc) is 3.98. The molecule has 11 nitrogen and oxygen atoms in total. The van der Waals surface area contributed by atoms with E-state index >= 15 is 0 Å². The summed E-state index contributed by atoms with van der Waals surface area (Å²) in [4.78, 5) is 36.9. The molecule has 5 heterocycles. The largest absolute Gasteiger partial charge is 0.378 e. The van der Waals surface area contributed by atoms with Crippen LogP contribution in [0.25, 0.3) is 33.2 Å².